The molecule has 3 aromatic rings. The van der Waals surface area contributed by atoms with Gasteiger partial charge in [-0.3, -0.25) is 24.6 Å². The van der Waals surface area contributed by atoms with E-state index in [4.69, 9.17) is 16.3 Å². The summed E-state index contributed by atoms with van der Waals surface area (Å²) in [5.74, 6) is 0.0932. The SMILES string of the molecule is O=C1S/C(=C\c2cc(Br)ccc2OCc2ccccc2Cl)C(=O)N1Cc1ccc([N+](=O)[O-])cc1. The van der Waals surface area contributed by atoms with Gasteiger partial charge in [0.2, 0.25) is 0 Å². The summed E-state index contributed by atoms with van der Waals surface area (Å²) in [6, 6.07) is 18.5. The summed E-state index contributed by atoms with van der Waals surface area (Å²) in [6.45, 7) is 0.262. The Morgan fingerprint density at radius 3 is 2.53 bits per heavy atom. The molecule has 0 aliphatic carbocycles. The number of nitrogens with zero attached hydrogens (tertiary/aromatic N) is 2. The molecular formula is C24H16BrClN2O5S. The summed E-state index contributed by atoms with van der Waals surface area (Å²) < 4.78 is 6.75. The van der Waals surface area contributed by atoms with Crippen LogP contribution < -0.4 is 4.74 Å². The monoisotopic (exact) mass is 558 g/mol. The van der Waals surface area contributed by atoms with E-state index in [1.165, 1.54) is 24.3 Å². The molecule has 172 valence electrons. The van der Waals surface area contributed by atoms with Gasteiger partial charge in [0.05, 0.1) is 16.4 Å². The summed E-state index contributed by atoms with van der Waals surface area (Å²) >= 11 is 10.5. The van der Waals surface area contributed by atoms with Gasteiger partial charge in [-0.25, -0.2) is 0 Å². The Balaban J connectivity index is 1.54. The highest BCUT2D eigenvalue weighted by Crippen LogP contribution is 2.36. The highest BCUT2D eigenvalue weighted by molar-refractivity contribution is 9.10. The number of ether oxygens (including phenoxy) is 1. The summed E-state index contributed by atoms with van der Waals surface area (Å²) in [5.41, 5.74) is 2.00. The van der Waals surface area contributed by atoms with Crippen LogP contribution >= 0.6 is 39.3 Å². The molecule has 1 saturated heterocycles. The molecule has 0 saturated carbocycles. The van der Waals surface area contributed by atoms with E-state index in [0.29, 0.717) is 21.9 Å². The van der Waals surface area contributed by atoms with Crippen molar-refractivity contribution in [2.24, 2.45) is 0 Å². The molecule has 0 radical (unpaired) electrons. The molecule has 0 bridgehead atoms. The van der Waals surface area contributed by atoms with Crippen molar-refractivity contribution < 1.29 is 19.2 Å². The molecule has 0 unspecified atom stereocenters. The minimum atomic E-state index is -0.504. The molecule has 4 rings (SSSR count). The van der Waals surface area contributed by atoms with Crippen LogP contribution in [-0.4, -0.2) is 21.0 Å². The maximum Gasteiger partial charge on any atom is 0.293 e. The van der Waals surface area contributed by atoms with Gasteiger partial charge in [0, 0.05) is 32.8 Å². The summed E-state index contributed by atoms with van der Waals surface area (Å²) in [7, 11) is 0. The number of benzene rings is 3. The van der Waals surface area contributed by atoms with Crippen molar-refractivity contribution in [3.8, 4) is 5.75 Å². The molecule has 34 heavy (non-hydrogen) atoms. The number of nitro benzene ring substituents is 1. The van der Waals surface area contributed by atoms with Crippen LogP contribution in [0.4, 0.5) is 10.5 Å². The molecule has 1 fully saturated rings. The van der Waals surface area contributed by atoms with Gasteiger partial charge < -0.3 is 4.74 Å². The van der Waals surface area contributed by atoms with E-state index in [1.807, 2.05) is 24.3 Å². The number of carbonyl (C=O) groups is 2. The molecule has 10 heteroatoms. The number of hydrogen-bond acceptors (Lipinski definition) is 6. The van der Waals surface area contributed by atoms with Gasteiger partial charge in [0.25, 0.3) is 16.8 Å². The van der Waals surface area contributed by atoms with E-state index in [0.717, 1.165) is 26.7 Å². The number of non-ortho nitro benzene ring substituents is 1. The Labute approximate surface area is 212 Å². The van der Waals surface area contributed by atoms with Gasteiger partial charge in [-0.15, -0.1) is 0 Å². The van der Waals surface area contributed by atoms with E-state index in [2.05, 4.69) is 15.9 Å². The zero-order chi connectivity index (χ0) is 24.2. The maximum absolute atomic E-state index is 13.0. The largest absolute Gasteiger partial charge is 0.488 e. The number of amides is 2. The highest BCUT2D eigenvalue weighted by atomic mass is 79.9. The Kier molecular flexibility index (Phi) is 7.35. The predicted octanol–water partition coefficient (Wildman–Crippen LogP) is 6.83. The second-order valence-electron chi connectivity index (χ2n) is 7.25. The van der Waals surface area contributed by atoms with Crippen molar-refractivity contribution in [3.05, 3.63) is 108 Å². The molecule has 0 N–H and O–H groups in total. The first-order valence-electron chi connectivity index (χ1n) is 9.96. The van der Waals surface area contributed by atoms with Crippen LogP contribution in [-0.2, 0) is 17.9 Å². The lowest BCUT2D eigenvalue weighted by atomic mass is 10.1. The van der Waals surface area contributed by atoms with Gasteiger partial charge in [0.15, 0.2) is 0 Å². The predicted molar refractivity (Wildman–Crippen MR) is 135 cm³/mol. The molecule has 1 aliphatic rings. The molecule has 0 aromatic heterocycles. The summed E-state index contributed by atoms with van der Waals surface area (Å²) in [6.07, 6.45) is 1.62. The van der Waals surface area contributed by atoms with Crippen LogP contribution in [0.25, 0.3) is 6.08 Å². The molecule has 2 amide bonds. The lowest BCUT2D eigenvalue weighted by Crippen LogP contribution is -2.27. The van der Waals surface area contributed by atoms with Crippen LogP contribution in [0, 0.1) is 10.1 Å². The van der Waals surface area contributed by atoms with Crippen molar-refractivity contribution in [2.75, 3.05) is 0 Å². The fourth-order valence-corrected chi connectivity index (χ4v) is 4.62. The standard InChI is InChI=1S/C24H16BrClN2O5S/c25-18-7-10-21(33-14-16-3-1-2-4-20(16)26)17(11-18)12-22-23(29)27(24(30)34-22)13-15-5-8-19(9-6-15)28(31)32/h1-12H,13-14H2/b22-12-. The fourth-order valence-electron chi connectivity index (χ4n) is 3.22. The average Bonchev–Trinajstić information content (AvgIpc) is 3.07. The number of rotatable bonds is 7. The molecule has 7 nitrogen and oxygen atoms in total. The molecule has 0 atom stereocenters. The number of thioether (sulfide) groups is 1. The smallest absolute Gasteiger partial charge is 0.293 e. The van der Waals surface area contributed by atoms with Crippen LogP contribution in [0.1, 0.15) is 16.7 Å². The van der Waals surface area contributed by atoms with E-state index in [1.54, 1.807) is 24.3 Å². The van der Waals surface area contributed by atoms with E-state index in [9.17, 15) is 19.7 Å². The van der Waals surface area contributed by atoms with Crippen LogP contribution in [0.3, 0.4) is 0 Å². The second-order valence-corrected chi connectivity index (χ2v) is 9.57. The molecule has 1 heterocycles. The Hall–Kier alpha value is -3.14. The zero-order valence-electron chi connectivity index (χ0n) is 17.4. The van der Waals surface area contributed by atoms with Crippen molar-refractivity contribution in [3.63, 3.8) is 0 Å². The van der Waals surface area contributed by atoms with Crippen molar-refractivity contribution in [1.82, 2.24) is 4.90 Å². The van der Waals surface area contributed by atoms with Gasteiger partial charge in [0.1, 0.15) is 12.4 Å². The summed E-state index contributed by atoms with van der Waals surface area (Å²) in [4.78, 5) is 37.2. The van der Waals surface area contributed by atoms with E-state index >= 15 is 0 Å². The van der Waals surface area contributed by atoms with Crippen molar-refractivity contribution >= 4 is 62.2 Å². The van der Waals surface area contributed by atoms with Crippen LogP contribution in [0.15, 0.2) is 76.1 Å². The van der Waals surface area contributed by atoms with E-state index < -0.39 is 16.1 Å². The van der Waals surface area contributed by atoms with Gasteiger partial charge in [-0.05, 0) is 47.7 Å². The minimum Gasteiger partial charge on any atom is -0.488 e. The third-order valence-corrected chi connectivity index (χ3v) is 6.73. The average molecular weight is 560 g/mol. The molecule has 3 aromatic carbocycles. The van der Waals surface area contributed by atoms with Crippen LogP contribution in [0.2, 0.25) is 5.02 Å². The first-order chi connectivity index (χ1) is 16.3. The second kappa shape index (κ2) is 10.4. The third kappa shape index (κ3) is 5.49. The lowest BCUT2D eigenvalue weighted by molar-refractivity contribution is -0.384. The highest BCUT2D eigenvalue weighted by Gasteiger charge is 2.35. The van der Waals surface area contributed by atoms with Crippen molar-refractivity contribution in [2.45, 2.75) is 13.2 Å². The maximum atomic E-state index is 13.0. The molecular weight excluding hydrogens is 544 g/mol. The van der Waals surface area contributed by atoms with Gasteiger partial charge >= 0.3 is 0 Å². The Morgan fingerprint density at radius 1 is 1.09 bits per heavy atom. The van der Waals surface area contributed by atoms with Gasteiger partial charge in [-0.2, -0.15) is 0 Å². The first kappa shape index (κ1) is 24.0. The third-order valence-electron chi connectivity index (χ3n) is 4.96. The number of halogens is 2. The minimum absolute atomic E-state index is 0.0222. The lowest BCUT2D eigenvalue weighted by Gasteiger charge is -2.13. The molecule has 0 spiro atoms. The Bertz CT molecular complexity index is 1310. The quantitative estimate of drug-likeness (QED) is 0.179. The number of hydrogen-bond donors (Lipinski definition) is 0. The topological polar surface area (TPSA) is 89.8 Å². The van der Waals surface area contributed by atoms with Crippen LogP contribution in [0.5, 0.6) is 5.75 Å². The zero-order valence-corrected chi connectivity index (χ0v) is 20.6. The fraction of sp³-hybridized carbons (Fsp3) is 0.0833. The van der Waals surface area contributed by atoms with Gasteiger partial charge in [-0.1, -0.05) is 57.9 Å². The van der Waals surface area contributed by atoms with Crippen molar-refractivity contribution in [1.29, 1.82) is 0 Å². The Morgan fingerprint density at radius 2 is 1.82 bits per heavy atom. The summed E-state index contributed by atoms with van der Waals surface area (Å²) in [5, 5.41) is 11.0. The number of imide groups is 1. The van der Waals surface area contributed by atoms with E-state index in [-0.39, 0.29) is 23.7 Å². The normalized spacial score (nSPS) is 14.6. The number of nitro groups is 1. The number of carbonyl (C=O) groups excluding carboxylic acids is 2. The first-order valence-corrected chi connectivity index (χ1v) is 11.9. The molecule has 1 aliphatic heterocycles.